The highest BCUT2D eigenvalue weighted by Gasteiger charge is 2.76. The van der Waals surface area contributed by atoms with Crippen LogP contribution in [0, 0.1) is 5.92 Å². The molecule has 0 radical (unpaired) electrons. The van der Waals surface area contributed by atoms with E-state index < -0.39 is 35.9 Å². The Morgan fingerprint density at radius 1 is 1.04 bits per heavy atom. The highest BCUT2D eigenvalue weighted by atomic mass is 19.4. The maximum atomic E-state index is 13.3. The molecule has 4 nitrogen and oxygen atoms in total. The second kappa shape index (κ2) is 8.70. The van der Waals surface area contributed by atoms with Crippen molar-refractivity contribution in [2.75, 3.05) is 6.61 Å². The number of halogens is 7. The van der Waals surface area contributed by atoms with E-state index in [4.69, 9.17) is 4.74 Å². The molecule has 0 fully saturated rings. The number of esters is 1. The maximum absolute atomic E-state index is 13.3. The van der Waals surface area contributed by atoms with Gasteiger partial charge < -0.3 is 10.1 Å². The number of ether oxygens (including phenoxy) is 1. The minimum Gasteiger partial charge on any atom is -0.464 e. The van der Waals surface area contributed by atoms with Crippen LogP contribution in [0.25, 0.3) is 0 Å². The van der Waals surface area contributed by atoms with Crippen molar-refractivity contribution in [3.63, 3.8) is 0 Å². The van der Waals surface area contributed by atoms with E-state index in [2.05, 4.69) is 0 Å². The highest BCUT2D eigenvalue weighted by Crippen LogP contribution is 2.46. The van der Waals surface area contributed by atoms with Crippen LogP contribution < -0.4 is 5.32 Å². The lowest BCUT2D eigenvalue weighted by Crippen LogP contribution is -2.61. The van der Waals surface area contributed by atoms with Gasteiger partial charge in [0.25, 0.3) is 5.91 Å². The number of carbonyl (C=O) groups excluding carboxylic acids is 2. The standard InChI is InChI=1S/C14H20F7NO3/c1-4-5-6-25-10(23)9(7-8(2)3)22-11(24)12(15,16)13(17,18)14(19,20)21/h8-9H,4-7H2,1-3H3,(H,22,24). The van der Waals surface area contributed by atoms with E-state index in [1.165, 1.54) is 19.2 Å². The van der Waals surface area contributed by atoms with Gasteiger partial charge in [-0.1, -0.05) is 27.2 Å². The van der Waals surface area contributed by atoms with Crippen molar-refractivity contribution in [3.05, 3.63) is 0 Å². The average molecular weight is 383 g/mol. The molecule has 1 atom stereocenters. The van der Waals surface area contributed by atoms with Crippen molar-refractivity contribution >= 4 is 11.9 Å². The largest absolute Gasteiger partial charge is 0.464 e. The Morgan fingerprint density at radius 2 is 1.56 bits per heavy atom. The molecule has 0 saturated heterocycles. The summed E-state index contributed by atoms with van der Waals surface area (Å²) in [6.07, 6.45) is -5.85. The van der Waals surface area contributed by atoms with E-state index in [1.807, 2.05) is 0 Å². The third-order valence-corrected chi connectivity index (χ3v) is 3.07. The highest BCUT2D eigenvalue weighted by molar-refractivity contribution is 5.89. The van der Waals surface area contributed by atoms with E-state index in [1.54, 1.807) is 6.92 Å². The number of carbonyl (C=O) groups is 2. The number of nitrogens with one attached hydrogen (secondary N) is 1. The molecule has 0 aromatic carbocycles. The predicted molar refractivity (Wildman–Crippen MR) is 73.2 cm³/mol. The van der Waals surface area contributed by atoms with E-state index >= 15 is 0 Å². The van der Waals surface area contributed by atoms with Crippen LogP contribution in [0.15, 0.2) is 0 Å². The maximum Gasteiger partial charge on any atom is 0.460 e. The first-order valence-corrected chi connectivity index (χ1v) is 7.48. The Kier molecular flexibility index (Phi) is 8.16. The van der Waals surface area contributed by atoms with E-state index in [0.717, 1.165) is 0 Å². The van der Waals surface area contributed by atoms with Crippen LogP contribution in [-0.4, -0.2) is 42.5 Å². The Morgan fingerprint density at radius 3 is 1.96 bits per heavy atom. The molecule has 11 heteroatoms. The second-order valence-corrected chi connectivity index (χ2v) is 5.82. The lowest BCUT2D eigenvalue weighted by atomic mass is 10.0. The van der Waals surface area contributed by atoms with Crippen molar-refractivity contribution in [2.24, 2.45) is 5.92 Å². The molecule has 0 aromatic heterocycles. The van der Waals surface area contributed by atoms with Gasteiger partial charge in [-0.25, -0.2) is 4.79 Å². The van der Waals surface area contributed by atoms with Gasteiger partial charge in [0.1, 0.15) is 6.04 Å². The number of alkyl halides is 7. The normalized spacial score (nSPS) is 14.4. The molecule has 1 N–H and O–H groups in total. The lowest BCUT2D eigenvalue weighted by Gasteiger charge is -2.28. The molecule has 0 aliphatic heterocycles. The summed E-state index contributed by atoms with van der Waals surface area (Å²) in [5, 5.41) is 1.25. The van der Waals surface area contributed by atoms with Crippen molar-refractivity contribution < 1.29 is 45.1 Å². The third kappa shape index (κ3) is 6.03. The molecule has 1 unspecified atom stereocenters. The number of hydrogen-bond donors (Lipinski definition) is 1. The molecular formula is C14H20F7NO3. The molecule has 0 bridgehead atoms. The summed E-state index contributed by atoms with van der Waals surface area (Å²) in [6.45, 7) is 4.72. The Hall–Kier alpha value is -1.55. The number of amides is 1. The van der Waals surface area contributed by atoms with Crippen LogP contribution in [0.2, 0.25) is 0 Å². The predicted octanol–water partition coefficient (Wildman–Crippen LogP) is 3.69. The first-order chi connectivity index (χ1) is 11.2. The molecule has 0 heterocycles. The van der Waals surface area contributed by atoms with Gasteiger partial charge >= 0.3 is 24.0 Å². The molecule has 1 amide bonds. The SMILES string of the molecule is CCCCOC(=O)C(CC(C)C)NC(=O)C(F)(F)C(F)(F)C(F)(F)F. The van der Waals surface area contributed by atoms with Crippen LogP contribution in [0.4, 0.5) is 30.7 Å². The minimum atomic E-state index is -6.64. The number of hydrogen-bond acceptors (Lipinski definition) is 3. The minimum absolute atomic E-state index is 0.102. The van der Waals surface area contributed by atoms with Gasteiger partial charge in [0.15, 0.2) is 0 Å². The van der Waals surface area contributed by atoms with Crippen LogP contribution >= 0.6 is 0 Å². The first-order valence-electron chi connectivity index (χ1n) is 7.48. The van der Waals surface area contributed by atoms with Crippen LogP contribution in [0.5, 0.6) is 0 Å². The van der Waals surface area contributed by atoms with E-state index in [-0.39, 0.29) is 18.9 Å². The van der Waals surface area contributed by atoms with Crippen LogP contribution in [0.3, 0.4) is 0 Å². The smallest absolute Gasteiger partial charge is 0.460 e. The summed E-state index contributed by atoms with van der Waals surface area (Å²) in [6, 6.07) is -1.76. The first kappa shape index (κ1) is 23.4. The van der Waals surface area contributed by atoms with Crippen LogP contribution in [0.1, 0.15) is 40.0 Å². The Bertz CT molecular complexity index is 464. The summed E-state index contributed by atoms with van der Waals surface area (Å²) in [5.74, 6) is -17.1. The topological polar surface area (TPSA) is 55.4 Å². The van der Waals surface area contributed by atoms with Crippen molar-refractivity contribution in [1.29, 1.82) is 0 Å². The van der Waals surface area contributed by atoms with Gasteiger partial charge in [-0.05, 0) is 18.8 Å². The van der Waals surface area contributed by atoms with Crippen molar-refractivity contribution in [1.82, 2.24) is 5.32 Å². The molecule has 0 saturated carbocycles. The molecule has 148 valence electrons. The summed E-state index contributed by atoms with van der Waals surface area (Å²) >= 11 is 0. The molecule has 0 rings (SSSR count). The monoisotopic (exact) mass is 383 g/mol. The summed E-state index contributed by atoms with van der Waals surface area (Å²) in [5.41, 5.74) is 0. The molecule has 0 aromatic rings. The third-order valence-electron chi connectivity index (χ3n) is 3.07. The summed E-state index contributed by atoms with van der Waals surface area (Å²) in [7, 11) is 0. The van der Waals surface area contributed by atoms with Crippen molar-refractivity contribution in [3.8, 4) is 0 Å². The number of rotatable bonds is 9. The Labute approximate surface area is 140 Å². The lowest BCUT2D eigenvalue weighted by molar-refractivity contribution is -0.344. The van der Waals surface area contributed by atoms with Gasteiger partial charge in [0.2, 0.25) is 0 Å². The van der Waals surface area contributed by atoms with Crippen LogP contribution in [-0.2, 0) is 14.3 Å². The van der Waals surface area contributed by atoms with Gasteiger partial charge in [0, 0.05) is 0 Å². The van der Waals surface area contributed by atoms with Gasteiger partial charge in [-0.2, -0.15) is 30.7 Å². The van der Waals surface area contributed by atoms with Crippen molar-refractivity contribution in [2.45, 2.75) is 64.1 Å². The second-order valence-electron chi connectivity index (χ2n) is 5.82. The summed E-state index contributed by atoms with van der Waals surface area (Å²) < 4.78 is 93.4. The molecule has 0 aliphatic carbocycles. The molecular weight excluding hydrogens is 363 g/mol. The van der Waals surface area contributed by atoms with E-state index in [0.29, 0.717) is 12.8 Å². The molecule has 0 spiro atoms. The van der Waals surface area contributed by atoms with Gasteiger partial charge in [-0.3, -0.25) is 4.79 Å². The van der Waals surface area contributed by atoms with Gasteiger partial charge in [0.05, 0.1) is 6.61 Å². The summed E-state index contributed by atoms with van der Waals surface area (Å²) in [4.78, 5) is 23.1. The average Bonchev–Trinajstić information content (AvgIpc) is 2.44. The Balaban J connectivity index is 5.28. The zero-order valence-corrected chi connectivity index (χ0v) is 13.9. The quantitative estimate of drug-likeness (QED) is 0.375. The number of unbranched alkanes of at least 4 members (excludes halogenated alkanes) is 1. The fourth-order valence-electron chi connectivity index (χ4n) is 1.67. The fourth-order valence-corrected chi connectivity index (χ4v) is 1.67. The molecule has 25 heavy (non-hydrogen) atoms. The van der Waals surface area contributed by atoms with Gasteiger partial charge in [-0.15, -0.1) is 0 Å². The zero-order valence-electron chi connectivity index (χ0n) is 13.9. The molecule has 0 aliphatic rings. The van der Waals surface area contributed by atoms with E-state index in [9.17, 15) is 40.3 Å². The zero-order chi connectivity index (χ0) is 20.1. The fraction of sp³-hybridized carbons (Fsp3) is 0.857.